The molecule has 0 saturated heterocycles. The van der Waals surface area contributed by atoms with E-state index in [2.05, 4.69) is 11.4 Å². The molecular formula is C15H16ClNO. The molecular weight excluding hydrogens is 246 g/mol. The number of anilines is 1. The lowest BCUT2D eigenvalue weighted by Gasteiger charge is -2.08. The zero-order valence-corrected chi connectivity index (χ0v) is 11.1. The Hall–Kier alpha value is -1.67. The first-order valence-electron chi connectivity index (χ1n) is 5.91. The molecule has 3 heteroatoms. The molecule has 18 heavy (non-hydrogen) atoms. The van der Waals surface area contributed by atoms with Crippen molar-refractivity contribution in [2.75, 3.05) is 19.0 Å². The minimum absolute atomic E-state index is 0.753. The van der Waals surface area contributed by atoms with E-state index < -0.39 is 0 Å². The Labute approximate surface area is 113 Å². The van der Waals surface area contributed by atoms with E-state index in [1.165, 1.54) is 5.56 Å². The van der Waals surface area contributed by atoms with E-state index in [9.17, 15) is 0 Å². The summed E-state index contributed by atoms with van der Waals surface area (Å²) in [6.45, 7) is 0.844. The zero-order chi connectivity index (χ0) is 12.8. The van der Waals surface area contributed by atoms with E-state index in [4.69, 9.17) is 16.3 Å². The fraction of sp³-hybridized carbons (Fsp3) is 0.200. The predicted molar refractivity (Wildman–Crippen MR) is 76.6 cm³/mol. The number of hydrogen-bond acceptors (Lipinski definition) is 2. The minimum Gasteiger partial charge on any atom is -0.497 e. The van der Waals surface area contributed by atoms with Crippen LogP contribution in [-0.4, -0.2) is 13.7 Å². The van der Waals surface area contributed by atoms with Crippen molar-refractivity contribution < 1.29 is 4.74 Å². The fourth-order valence-corrected chi connectivity index (χ4v) is 1.98. The Kier molecular flexibility index (Phi) is 4.48. The summed E-state index contributed by atoms with van der Waals surface area (Å²) in [5.74, 6) is 0.894. The van der Waals surface area contributed by atoms with Crippen LogP contribution in [-0.2, 0) is 6.42 Å². The minimum atomic E-state index is 0.753. The second-order valence-corrected chi connectivity index (χ2v) is 4.42. The highest BCUT2D eigenvalue weighted by molar-refractivity contribution is 6.33. The van der Waals surface area contributed by atoms with Crippen molar-refractivity contribution in [2.24, 2.45) is 0 Å². The number of halogens is 1. The number of rotatable bonds is 5. The van der Waals surface area contributed by atoms with Crippen LogP contribution >= 0.6 is 11.6 Å². The van der Waals surface area contributed by atoms with E-state index >= 15 is 0 Å². The fourth-order valence-electron chi connectivity index (χ4n) is 1.77. The highest BCUT2D eigenvalue weighted by Gasteiger charge is 1.99. The van der Waals surface area contributed by atoms with E-state index in [-0.39, 0.29) is 0 Å². The van der Waals surface area contributed by atoms with Gasteiger partial charge in [-0.3, -0.25) is 0 Å². The highest BCUT2D eigenvalue weighted by Crippen LogP contribution is 2.20. The summed E-state index contributed by atoms with van der Waals surface area (Å²) in [5, 5.41) is 4.08. The van der Waals surface area contributed by atoms with Crippen LogP contribution < -0.4 is 10.1 Å². The van der Waals surface area contributed by atoms with Gasteiger partial charge in [-0.2, -0.15) is 0 Å². The summed E-state index contributed by atoms with van der Waals surface area (Å²) in [5.41, 5.74) is 2.22. The molecule has 0 unspecified atom stereocenters. The molecule has 0 heterocycles. The summed E-state index contributed by atoms with van der Waals surface area (Å²) < 4.78 is 5.20. The van der Waals surface area contributed by atoms with Gasteiger partial charge in [0.05, 0.1) is 17.8 Å². The van der Waals surface area contributed by atoms with Gasteiger partial charge in [0.2, 0.25) is 0 Å². The van der Waals surface area contributed by atoms with E-state index in [1.807, 2.05) is 42.5 Å². The molecule has 0 aliphatic rings. The molecule has 94 valence electrons. The van der Waals surface area contributed by atoms with Gasteiger partial charge in [-0.15, -0.1) is 0 Å². The smallest absolute Gasteiger partial charge is 0.119 e. The van der Waals surface area contributed by atoms with Gasteiger partial charge in [0, 0.05) is 6.54 Å². The van der Waals surface area contributed by atoms with Gasteiger partial charge in [0.1, 0.15) is 5.75 Å². The molecule has 0 atom stereocenters. The Balaban J connectivity index is 1.90. The standard InChI is InChI=1S/C15H16ClNO/c1-18-13-6-4-5-12(11-13)9-10-17-15-8-3-2-7-14(15)16/h2-8,11,17H,9-10H2,1H3. The van der Waals surface area contributed by atoms with Gasteiger partial charge in [-0.1, -0.05) is 35.9 Å². The molecule has 0 radical (unpaired) electrons. The molecule has 0 aliphatic heterocycles. The van der Waals surface area contributed by atoms with Crippen LogP contribution in [0.3, 0.4) is 0 Å². The van der Waals surface area contributed by atoms with E-state index in [1.54, 1.807) is 7.11 Å². The Morgan fingerprint density at radius 3 is 2.72 bits per heavy atom. The van der Waals surface area contributed by atoms with Crippen LogP contribution in [0, 0.1) is 0 Å². The Morgan fingerprint density at radius 2 is 1.94 bits per heavy atom. The molecule has 0 bridgehead atoms. The maximum Gasteiger partial charge on any atom is 0.119 e. The number of methoxy groups -OCH3 is 1. The van der Waals surface area contributed by atoms with E-state index in [0.717, 1.165) is 29.4 Å². The van der Waals surface area contributed by atoms with E-state index in [0.29, 0.717) is 0 Å². The lowest BCUT2D eigenvalue weighted by molar-refractivity contribution is 0.414. The Morgan fingerprint density at radius 1 is 1.11 bits per heavy atom. The lowest BCUT2D eigenvalue weighted by Crippen LogP contribution is -2.05. The summed E-state index contributed by atoms with van der Waals surface area (Å²) >= 11 is 6.07. The molecule has 0 saturated carbocycles. The van der Waals surface area contributed by atoms with Crippen LogP contribution in [0.2, 0.25) is 5.02 Å². The predicted octanol–water partition coefficient (Wildman–Crippen LogP) is 4.00. The maximum absolute atomic E-state index is 6.07. The molecule has 0 spiro atoms. The van der Waals surface area contributed by atoms with Gasteiger partial charge >= 0.3 is 0 Å². The van der Waals surface area contributed by atoms with Gasteiger partial charge in [-0.25, -0.2) is 0 Å². The molecule has 0 aromatic heterocycles. The first-order valence-corrected chi connectivity index (χ1v) is 6.29. The van der Waals surface area contributed by atoms with Crippen molar-refractivity contribution in [1.82, 2.24) is 0 Å². The molecule has 2 nitrogen and oxygen atoms in total. The second-order valence-electron chi connectivity index (χ2n) is 4.01. The van der Waals surface area contributed by atoms with Crippen molar-refractivity contribution in [3.05, 3.63) is 59.1 Å². The topological polar surface area (TPSA) is 21.3 Å². The number of hydrogen-bond donors (Lipinski definition) is 1. The van der Waals surface area contributed by atoms with Crippen molar-refractivity contribution in [2.45, 2.75) is 6.42 Å². The average molecular weight is 262 g/mol. The highest BCUT2D eigenvalue weighted by atomic mass is 35.5. The second kappa shape index (κ2) is 6.31. The molecule has 2 rings (SSSR count). The number of ether oxygens (including phenoxy) is 1. The molecule has 0 amide bonds. The summed E-state index contributed by atoms with van der Waals surface area (Å²) in [4.78, 5) is 0. The molecule has 2 aromatic carbocycles. The SMILES string of the molecule is COc1cccc(CCNc2ccccc2Cl)c1. The van der Waals surface area contributed by atoms with Crippen LogP contribution in [0.15, 0.2) is 48.5 Å². The number of para-hydroxylation sites is 1. The van der Waals surface area contributed by atoms with Crippen molar-refractivity contribution in [3.63, 3.8) is 0 Å². The summed E-state index contributed by atoms with van der Waals surface area (Å²) in [7, 11) is 1.68. The quantitative estimate of drug-likeness (QED) is 0.878. The van der Waals surface area contributed by atoms with Crippen LogP contribution in [0.1, 0.15) is 5.56 Å². The zero-order valence-electron chi connectivity index (χ0n) is 10.3. The first-order chi connectivity index (χ1) is 8.79. The normalized spacial score (nSPS) is 10.1. The van der Waals surface area contributed by atoms with Crippen molar-refractivity contribution in [1.29, 1.82) is 0 Å². The summed E-state index contributed by atoms with van der Waals surface area (Å²) in [6, 6.07) is 15.9. The van der Waals surface area contributed by atoms with Crippen molar-refractivity contribution in [3.8, 4) is 5.75 Å². The van der Waals surface area contributed by atoms with Crippen LogP contribution in [0.4, 0.5) is 5.69 Å². The van der Waals surface area contributed by atoms with Gasteiger partial charge in [0.15, 0.2) is 0 Å². The molecule has 0 aliphatic carbocycles. The molecule has 2 aromatic rings. The van der Waals surface area contributed by atoms with Gasteiger partial charge in [-0.05, 0) is 36.2 Å². The number of benzene rings is 2. The van der Waals surface area contributed by atoms with Gasteiger partial charge in [0.25, 0.3) is 0 Å². The molecule has 1 N–H and O–H groups in total. The van der Waals surface area contributed by atoms with Crippen LogP contribution in [0.5, 0.6) is 5.75 Å². The summed E-state index contributed by atoms with van der Waals surface area (Å²) in [6.07, 6.45) is 0.933. The maximum atomic E-state index is 6.07. The molecule has 0 fully saturated rings. The first kappa shape index (κ1) is 12.8. The monoisotopic (exact) mass is 261 g/mol. The van der Waals surface area contributed by atoms with Crippen molar-refractivity contribution >= 4 is 17.3 Å². The third-order valence-electron chi connectivity index (χ3n) is 2.74. The van der Waals surface area contributed by atoms with Crippen LogP contribution in [0.25, 0.3) is 0 Å². The largest absolute Gasteiger partial charge is 0.497 e. The third kappa shape index (κ3) is 3.41. The average Bonchev–Trinajstić information content (AvgIpc) is 2.41. The van der Waals surface area contributed by atoms with Gasteiger partial charge < -0.3 is 10.1 Å². The third-order valence-corrected chi connectivity index (χ3v) is 3.07. The number of nitrogens with one attached hydrogen (secondary N) is 1. The lowest BCUT2D eigenvalue weighted by atomic mass is 10.1. The Bertz CT molecular complexity index is 513.